The highest BCUT2D eigenvalue weighted by Crippen LogP contribution is 2.30. The first-order valence-corrected chi connectivity index (χ1v) is 8.81. The molecule has 0 saturated heterocycles. The zero-order chi connectivity index (χ0) is 21.1. The maximum absolute atomic E-state index is 12.8. The van der Waals surface area contributed by atoms with Gasteiger partial charge in [0.25, 0.3) is 11.8 Å². The van der Waals surface area contributed by atoms with E-state index in [9.17, 15) is 19.2 Å². The molecule has 2 N–H and O–H groups in total. The van der Waals surface area contributed by atoms with Crippen LogP contribution in [0.1, 0.15) is 17.3 Å². The lowest BCUT2D eigenvalue weighted by Gasteiger charge is -2.15. The van der Waals surface area contributed by atoms with Gasteiger partial charge in [-0.3, -0.25) is 14.4 Å². The minimum Gasteiger partial charge on any atom is -0.465 e. The van der Waals surface area contributed by atoms with E-state index in [-0.39, 0.29) is 27.9 Å². The second kappa shape index (κ2) is 8.15. The molecule has 3 rings (SSSR count). The van der Waals surface area contributed by atoms with E-state index >= 15 is 0 Å². The molecule has 0 radical (unpaired) electrons. The summed E-state index contributed by atoms with van der Waals surface area (Å²) in [5.74, 6) is -2.05. The van der Waals surface area contributed by atoms with Crippen molar-refractivity contribution in [2.75, 3.05) is 22.6 Å². The van der Waals surface area contributed by atoms with Crippen LogP contribution < -0.4 is 15.5 Å². The number of carbonyl (C=O) groups is 4. The number of methoxy groups -OCH3 is 1. The van der Waals surface area contributed by atoms with Crippen molar-refractivity contribution in [3.05, 3.63) is 64.8 Å². The summed E-state index contributed by atoms with van der Waals surface area (Å²) in [6.45, 7) is 1.39. The largest absolute Gasteiger partial charge is 0.465 e. The summed E-state index contributed by atoms with van der Waals surface area (Å²) in [5, 5.41) is 5.22. The van der Waals surface area contributed by atoms with E-state index in [0.717, 1.165) is 4.90 Å². The van der Waals surface area contributed by atoms with Gasteiger partial charge in [-0.25, -0.2) is 9.69 Å². The number of halogens is 1. The second-order valence-electron chi connectivity index (χ2n) is 6.06. The number of nitrogens with zero attached hydrogens (tertiary/aromatic N) is 1. The van der Waals surface area contributed by atoms with E-state index in [1.165, 1.54) is 38.3 Å². The molecular formula is C20H16ClN3O5. The van der Waals surface area contributed by atoms with Crippen LogP contribution in [0.4, 0.5) is 17.1 Å². The second-order valence-corrected chi connectivity index (χ2v) is 6.43. The number of amides is 3. The molecule has 1 heterocycles. The fourth-order valence-corrected chi connectivity index (χ4v) is 2.91. The van der Waals surface area contributed by atoms with Crippen molar-refractivity contribution in [3.8, 4) is 0 Å². The minimum atomic E-state index is -0.681. The van der Waals surface area contributed by atoms with Crippen molar-refractivity contribution in [1.29, 1.82) is 0 Å². The van der Waals surface area contributed by atoms with Crippen LogP contribution in [0, 0.1) is 0 Å². The van der Waals surface area contributed by atoms with E-state index in [0.29, 0.717) is 11.4 Å². The number of nitrogens with one attached hydrogen (secondary N) is 2. The van der Waals surface area contributed by atoms with Gasteiger partial charge in [0.2, 0.25) is 5.91 Å². The number of esters is 1. The quantitative estimate of drug-likeness (QED) is 0.577. The third-order valence-electron chi connectivity index (χ3n) is 4.05. The van der Waals surface area contributed by atoms with Gasteiger partial charge in [0.15, 0.2) is 0 Å². The third-order valence-corrected chi connectivity index (χ3v) is 4.40. The first kappa shape index (κ1) is 20.1. The Morgan fingerprint density at radius 3 is 2.07 bits per heavy atom. The highest BCUT2D eigenvalue weighted by atomic mass is 35.5. The van der Waals surface area contributed by atoms with Crippen molar-refractivity contribution in [3.63, 3.8) is 0 Å². The summed E-state index contributed by atoms with van der Waals surface area (Å²) in [6.07, 6.45) is 0. The van der Waals surface area contributed by atoms with Crippen LogP contribution in [0.3, 0.4) is 0 Å². The molecule has 0 atom stereocenters. The summed E-state index contributed by atoms with van der Waals surface area (Å²) in [5.41, 5.74) is 1.58. The monoisotopic (exact) mass is 413 g/mol. The molecule has 29 heavy (non-hydrogen) atoms. The van der Waals surface area contributed by atoms with Crippen molar-refractivity contribution in [2.45, 2.75) is 6.92 Å². The maximum atomic E-state index is 12.8. The number of hydrogen-bond acceptors (Lipinski definition) is 6. The van der Waals surface area contributed by atoms with Crippen LogP contribution in [-0.2, 0) is 19.1 Å². The standard InChI is InChI=1S/C20H16ClN3O5/c1-11(25)22-13-5-7-14(8-6-13)23-17-16(21)18(26)24(19(17)27)15-9-3-12(4-10-15)20(28)29-2/h3-10,23H,1-2H3,(H,22,25). The molecule has 0 aromatic heterocycles. The number of imide groups is 1. The molecule has 0 aliphatic carbocycles. The van der Waals surface area contributed by atoms with Crippen LogP contribution in [0.5, 0.6) is 0 Å². The predicted molar refractivity (Wildman–Crippen MR) is 108 cm³/mol. The molecule has 0 unspecified atom stereocenters. The zero-order valence-corrected chi connectivity index (χ0v) is 16.2. The third kappa shape index (κ3) is 4.12. The molecule has 0 bridgehead atoms. The lowest BCUT2D eigenvalue weighted by atomic mass is 10.2. The summed E-state index contributed by atoms with van der Waals surface area (Å²) < 4.78 is 4.62. The first-order chi connectivity index (χ1) is 13.8. The van der Waals surface area contributed by atoms with Gasteiger partial charge in [-0.05, 0) is 48.5 Å². The normalized spacial score (nSPS) is 13.6. The van der Waals surface area contributed by atoms with Crippen LogP contribution in [0.25, 0.3) is 0 Å². The summed E-state index contributed by atoms with van der Waals surface area (Å²) in [4.78, 5) is 48.8. The molecule has 1 aliphatic rings. The van der Waals surface area contributed by atoms with Crippen molar-refractivity contribution < 1.29 is 23.9 Å². The number of ether oxygens (including phenoxy) is 1. The number of hydrogen-bond donors (Lipinski definition) is 2. The fraction of sp³-hybridized carbons (Fsp3) is 0.100. The molecule has 2 aromatic rings. The molecule has 1 aliphatic heterocycles. The Labute approximate surface area is 171 Å². The highest BCUT2D eigenvalue weighted by molar-refractivity contribution is 6.53. The van der Waals surface area contributed by atoms with Crippen LogP contribution in [0.15, 0.2) is 59.3 Å². The van der Waals surface area contributed by atoms with E-state index in [2.05, 4.69) is 15.4 Å². The molecule has 3 amide bonds. The van der Waals surface area contributed by atoms with Gasteiger partial charge in [0.1, 0.15) is 10.7 Å². The summed E-state index contributed by atoms with van der Waals surface area (Å²) in [7, 11) is 1.26. The Kier molecular flexibility index (Phi) is 5.65. The molecular weight excluding hydrogens is 398 g/mol. The smallest absolute Gasteiger partial charge is 0.337 e. The highest BCUT2D eigenvalue weighted by Gasteiger charge is 2.39. The fourth-order valence-electron chi connectivity index (χ4n) is 2.69. The van der Waals surface area contributed by atoms with Gasteiger partial charge in [-0.15, -0.1) is 0 Å². The number of carbonyl (C=O) groups excluding carboxylic acids is 4. The van der Waals surface area contributed by atoms with Crippen molar-refractivity contribution in [1.82, 2.24) is 0 Å². The van der Waals surface area contributed by atoms with Crippen molar-refractivity contribution >= 4 is 52.4 Å². The number of anilines is 3. The van der Waals surface area contributed by atoms with Gasteiger partial charge in [0, 0.05) is 18.3 Å². The lowest BCUT2D eigenvalue weighted by molar-refractivity contribution is -0.120. The number of benzene rings is 2. The van der Waals surface area contributed by atoms with Crippen molar-refractivity contribution in [2.24, 2.45) is 0 Å². The van der Waals surface area contributed by atoms with Gasteiger partial charge in [0.05, 0.1) is 18.4 Å². The molecule has 0 fully saturated rings. The van der Waals surface area contributed by atoms with E-state index < -0.39 is 17.8 Å². The van der Waals surface area contributed by atoms with Gasteiger partial charge in [-0.1, -0.05) is 11.6 Å². The Balaban J connectivity index is 1.79. The number of rotatable bonds is 5. The molecule has 0 spiro atoms. The Bertz CT molecular complexity index is 1030. The average molecular weight is 414 g/mol. The molecule has 2 aromatic carbocycles. The molecule has 9 heteroatoms. The predicted octanol–water partition coefficient (Wildman–Crippen LogP) is 2.87. The van der Waals surface area contributed by atoms with Crippen LogP contribution in [-0.4, -0.2) is 30.8 Å². The van der Waals surface area contributed by atoms with Gasteiger partial charge in [-0.2, -0.15) is 0 Å². The Morgan fingerprint density at radius 1 is 0.931 bits per heavy atom. The van der Waals surface area contributed by atoms with Gasteiger partial charge < -0.3 is 15.4 Å². The average Bonchev–Trinajstić information content (AvgIpc) is 2.92. The van der Waals surface area contributed by atoms with Crippen LogP contribution >= 0.6 is 11.6 Å². The molecule has 0 saturated carbocycles. The summed E-state index contributed by atoms with van der Waals surface area (Å²) >= 11 is 6.10. The SMILES string of the molecule is COC(=O)c1ccc(N2C(=O)C(Cl)=C(Nc3ccc(NC(C)=O)cc3)C2=O)cc1. The Morgan fingerprint density at radius 2 is 1.52 bits per heavy atom. The maximum Gasteiger partial charge on any atom is 0.337 e. The zero-order valence-electron chi connectivity index (χ0n) is 15.5. The van der Waals surface area contributed by atoms with E-state index in [4.69, 9.17) is 11.6 Å². The van der Waals surface area contributed by atoms with Crippen LogP contribution in [0.2, 0.25) is 0 Å². The Hall–Kier alpha value is -3.65. The first-order valence-electron chi connectivity index (χ1n) is 8.43. The molecule has 8 nitrogen and oxygen atoms in total. The lowest BCUT2D eigenvalue weighted by Crippen LogP contribution is -2.32. The summed E-state index contributed by atoms with van der Waals surface area (Å²) in [6, 6.07) is 12.4. The minimum absolute atomic E-state index is 0.0685. The van der Waals surface area contributed by atoms with E-state index in [1.807, 2.05) is 0 Å². The molecule has 148 valence electrons. The topological polar surface area (TPSA) is 105 Å². The van der Waals surface area contributed by atoms with Gasteiger partial charge >= 0.3 is 5.97 Å². The van der Waals surface area contributed by atoms with E-state index in [1.54, 1.807) is 24.3 Å².